The van der Waals surface area contributed by atoms with Crippen LogP contribution in [0.5, 0.6) is 23.0 Å². The van der Waals surface area contributed by atoms with Crippen molar-refractivity contribution in [3.05, 3.63) is 59.2 Å². The van der Waals surface area contributed by atoms with Gasteiger partial charge in [0.05, 0.1) is 25.4 Å². The van der Waals surface area contributed by atoms with Crippen molar-refractivity contribution in [1.29, 1.82) is 0 Å². The Morgan fingerprint density at radius 1 is 1.00 bits per heavy atom. The van der Waals surface area contributed by atoms with Gasteiger partial charge in [-0.2, -0.15) is 0 Å². The molecule has 0 saturated carbocycles. The van der Waals surface area contributed by atoms with Crippen LogP contribution in [-0.4, -0.2) is 27.0 Å². The van der Waals surface area contributed by atoms with E-state index in [0.29, 0.717) is 39.9 Å². The molecule has 0 spiro atoms. The number of ether oxygens (including phenoxy) is 5. The number of hydrogen-bond acceptors (Lipinski definition) is 6. The molecular weight excluding hydrogens is 336 g/mol. The Morgan fingerprint density at radius 2 is 1.85 bits per heavy atom. The molecule has 6 heteroatoms. The standard InChI is InChI=1S/C20H16O6/c1-22-14-4-6-16(23-2)15(10-14)18-9-13(20(21)26-18)7-12-3-5-17-19(8-12)25-11-24-17/h3-10H,11H2,1-2H3. The van der Waals surface area contributed by atoms with E-state index in [1.165, 1.54) is 0 Å². The Labute approximate surface area is 150 Å². The Hall–Kier alpha value is -3.41. The molecule has 2 aromatic rings. The molecule has 26 heavy (non-hydrogen) atoms. The van der Waals surface area contributed by atoms with Gasteiger partial charge in [-0.3, -0.25) is 0 Å². The number of hydrogen-bond donors (Lipinski definition) is 0. The number of carbonyl (C=O) groups excluding carboxylic acids is 1. The Kier molecular flexibility index (Phi) is 4.01. The predicted molar refractivity (Wildman–Crippen MR) is 94.2 cm³/mol. The van der Waals surface area contributed by atoms with E-state index in [9.17, 15) is 4.79 Å². The van der Waals surface area contributed by atoms with Crippen LogP contribution in [0.4, 0.5) is 0 Å². The van der Waals surface area contributed by atoms with Crippen molar-refractivity contribution in [2.24, 2.45) is 0 Å². The number of methoxy groups -OCH3 is 2. The fourth-order valence-corrected chi connectivity index (χ4v) is 2.81. The van der Waals surface area contributed by atoms with E-state index < -0.39 is 5.97 Å². The molecule has 4 rings (SSSR count). The Bertz CT molecular complexity index is 941. The molecule has 0 bridgehead atoms. The van der Waals surface area contributed by atoms with Crippen molar-refractivity contribution in [1.82, 2.24) is 0 Å². The highest BCUT2D eigenvalue weighted by Crippen LogP contribution is 2.37. The molecule has 132 valence electrons. The van der Waals surface area contributed by atoms with E-state index >= 15 is 0 Å². The molecule has 0 aliphatic carbocycles. The van der Waals surface area contributed by atoms with E-state index in [0.717, 1.165) is 5.56 Å². The van der Waals surface area contributed by atoms with Gasteiger partial charge in [0.1, 0.15) is 17.3 Å². The lowest BCUT2D eigenvalue weighted by atomic mass is 10.1. The second kappa shape index (κ2) is 6.48. The van der Waals surface area contributed by atoms with Crippen LogP contribution in [0.1, 0.15) is 11.1 Å². The molecule has 0 radical (unpaired) electrons. The number of cyclic esters (lactones) is 1. The largest absolute Gasteiger partial charge is 0.497 e. The molecule has 0 fully saturated rings. The number of carbonyl (C=O) groups is 1. The maximum absolute atomic E-state index is 12.3. The van der Waals surface area contributed by atoms with Crippen LogP contribution >= 0.6 is 0 Å². The third kappa shape index (κ3) is 2.86. The average Bonchev–Trinajstić information content (AvgIpc) is 3.27. The zero-order chi connectivity index (χ0) is 18.1. The summed E-state index contributed by atoms with van der Waals surface area (Å²) in [6, 6.07) is 10.8. The first-order valence-corrected chi connectivity index (χ1v) is 7.95. The highest BCUT2D eigenvalue weighted by atomic mass is 16.7. The third-order valence-electron chi connectivity index (χ3n) is 4.12. The van der Waals surface area contributed by atoms with Crippen molar-refractivity contribution in [2.45, 2.75) is 0 Å². The normalized spacial score (nSPS) is 16.5. The van der Waals surface area contributed by atoms with E-state index in [-0.39, 0.29) is 6.79 Å². The average molecular weight is 352 g/mol. The predicted octanol–water partition coefficient (Wildman–Crippen LogP) is 3.41. The third-order valence-corrected chi connectivity index (χ3v) is 4.12. The van der Waals surface area contributed by atoms with Crippen LogP contribution in [0.25, 0.3) is 11.8 Å². The zero-order valence-electron chi connectivity index (χ0n) is 14.3. The summed E-state index contributed by atoms with van der Waals surface area (Å²) in [6.07, 6.45) is 3.42. The lowest BCUT2D eigenvalue weighted by molar-refractivity contribution is -0.130. The molecule has 0 amide bonds. The first-order valence-electron chi connectivity index (χ1n) is 7.95. The summed E-state index contributed by atoms with van der Waals surface area (Å²) in [6.45, 7) is 0.205. The molecule has 6 nitrogen and oxygen atoms in total. The van der Waals surface area contributed by atoms with E-state index in [4.69, 9.17) is 23.7 Å². The molecule has 0 aromatic heterocycles. The highest BCUT2D eigenvalue weighted by Gasteiger charge is 2.25. The summed E-state index contributed by atoms with van der Waals surface area (Å²) >= 11 is 0. The van der Waals surface area contributed by atoms with Crippen LogP contribution in [0.2, 0.25) is 0 Å². The number of fused-ring (bicyclic) bond motifs is 1. The minimum atomic E-state index is -0.428. The van der Waals surface area contributed by atoms with Gasteiger partial charge < -0.3 is 23.7 Å². The topological polar surface area (TPSA) is 63.2 Å². The van der Waals surface area contributed by atoms with E-state index in [2.05, 4.69) is 0 Å². The van der Waals surface area contributed by atoms with Crippen molar-refractivity contribution < 1.29 is 28.5 Å². The second-order valence-electron chi connectivity index (χ2n) is 5.68. The molecular formula is C20H16O6. The summed E-state index contributed by atoms with van der Waals surface area (Å²) in [5, 5.41) is 0. The molecule has 2 aliphatic heterocycles. The highest BCUT2D eigenvalue weighted by molar-refractivity contribution is 6.05. The quantitative estimate of drug-likeness (QED) is 0.621. The molecule has 0 saturated heterocycles. The molecule has 0 N–H and O–H groups in total. The van der Waals surface area contributed by atoms with Gasteiger partial charge in [0.2, 0.25) is 6.79 Å². The van der Waals surface area contributed by atoms with Crippen LogP contribution < -0.4 is 18.9 Å². The van der Waals surface area contributed by atoms with Crippen molar-refractivity contribution in [3.63, 3.8) is 0 Å². The van der Waals surface area contributed by atoms with Crippen LogP contribution in [0, 0.1) is 0 Å². The van der Waals surface area contributed by atoms with Gasteiger partial charge in [0.15, 0.2) is 11.5 Å². The summed E-state index contributed by atoms with van der Waals surface area (Å²) in [7, 11) is 3.14. The van der Waals surface area contributed by atoms with Gasteiger partial charge >= 0.3 is 5.97 Å². The SMILES string of the molecule is COc1ccc(OC)c(C2=CC(=Cc3ccc4c(c3)OCO4)C(=O)O2)c1. The number of esters is 1. The first kappa shape index (κ1) is 16.1. The Morgan fingerprint density at radius 3 is 2.65 bits per heavy atom. The van der Waals surface area contributed by atoms with Crippen molar-refractivity contribution in [2.75, 3.05) is 21.0 Å². The molecule has 0 unspecified atom stereocenters. The van der Waals surface area contributed by atoms with E-state index in [1.54, 1.807) is 44.6 Å². The van der Waals surface area contributed by atoms with Crippen LogP contribution in [0.3, 0.4) is 0 Å². The molecule has 2 heterocycles. The minimum Gasteiger partial charge on any atom is -0.497 e. The van der Waals surface area contributed by atoms with Crippen molar-refractivity contribution >= 4 is 17.8 Å². The maximum atomic E-state index is 12.3. The minimum absolute atomic E-state index is 0.205. The zero-order valence-corrected chi connectivity index (χ0v) is 14.3. The monoisotopic (exact) mass is 352 g/mol. The van der Waals surface area contributed by atoms with Gasteiger partial charge in [0.25, 0.3) is 0 Å². The second-order valence-corrected chi connectivity index (χ2v) is 5.68. The van der Waals surface area contributed by atoms with Crippen LogP contribution in [0.15, 0.2) is 48.0 Å². The number of rotatable bonds is 4. The molecule has 0 atom stereocenters. The van der Waals surface area contributed by atoms with Gasteiger partial charge in [-0.15, -0.1) is 0 Å². The number of benzene rings is 2. The smallest absolute Gasteiger partial charge is 0.343 e. The van der Waals surface area contributed by atoms with Gasteiger partial charge in [-0.05, 0) is 48.0 Å². The first-order chi connectivity index (χ1) is 12.7. The summed E-state index contributed by atoms with van der Waals surface area (Å²) in [4.78, 5) is 12.3. The summed E-state index contributed by atoms with van der Waals surface area (Å²) in [5.74, 6) is 2.57. The summed E-state index contributed by atoms with van der Waals surface area (Å²) < 4.78 is 26.7. The summed E-state index contributed by atoms with van der Waals surface area (Å²) in [5.41, 5.74) is 1.90. The van der Waals surface area contributed by atoms with E-state index in [1.807, 2.05) is 18.2 Å². The fourth-order valence-electron chi connectivity index (χ4n) is 2.81. The van der Waals surface area contributed by atoms with Gasteiger partial charge in [0, 0.05) is 0 Å². The fraction of sp³-hybridized carbons (Fsp3) is 0.150. The van der Waals surface area contributed by atoms with Gasteiger partial charge in [-0.1, -0.05) is 6.07 Å². The van der Waals surface area contributed by atoms with Crippen molar-refractivity contribution in [3.8, 4) is 23.0 Å². The van der Waals surface area contributed by atoms with Crippen LogP contribution in [-0.2, 0) is 9.53 Å². The maximum Gasteiger partial charge on any atom is 0.343 e. The molecule has 2 aromatic carbocycles. The lowest BCUT2D eigenvalue weighted by Crippen LogP contribution is -1.98. The lowest BCUT2D eigenvalue weighted by Gasteiger charge is -2.10. The van der Waals surface area contributed by atoms with Gasteiger partial charge in [-0.25, -0.2) is 4.79 Å². The molecule has 2 aliphatic rings. The Balaban J connectivity index is 1.70.